The maximum atomic E-state index is 11.7. The van der Waals surface area contributed by atoms with Crippen LogP contribution < -0.4 is 0 Å². The highest BCUT2D eigenvalue weighted by Crippen LogP contribution is 2.18. The van der Waals surface area contributed by atoms with E-state index in [4.69, 9.17) is 0 Å². The SMILES string of the molecule is CC(C)(C)S(=O)(=O)Cc1ncccn1. The first-order valence-corrected chi connectivity index (χ1v) is 5.96. The van der Waals surface area contributed by atoms with Gasteiger partial charge in [0, 0.05) is 12.4 Å². The molecule has 0 N–H and O–H groups in total. The molecular formula is C9H14N2O2S. The average molecular weight is 214 g/mol. The van der Waals surface area contributed by atoms with Crippen LogP contribution in [0.15, 0.2) is 18.5 Å². The van der Waals surface area contributed by atoms with Crippen molar-refractivity contribution in [3.63, 3.8) is 0 Å². The Morgan fingerprint density at radius 3 is 2.14 bits per heavy atom. The molecule has 0 aromatic carbocycles. The molecular weight excluding hydrogens is 200 g/mol. The fourth-order valence-electron chi connectivity index (χ4n) is 0.791. The fourth-order valence-corrected chi connectivity index (χ4v) is 1.71. The molecule has 0 radical (unpaired) electrons. The molecule has 5 heteroatoms. The summed E-state index contributed by atoms with van der Waals surface area (Å²) in [5, 5.41) is 0. The van der Waals surface area contributed by atoms with Gasteiger partial charge in [-0.1, -0.05) is 0 Å². The zero-order valence-corrected chi connectivity index (χ0v) is 9.37. The Kier molecular flexibility index (Phi) is 2.89. The van der Waals surface area contributed by atoms with Crippen molar-refractivity contribution < 1.29 is 8.42 Å². The molecule has 1 heterocycles. The molecule has 1 aromatic heterocycles. The quantitative estimate of drug-likeness (QED) is 0.742. The average Bonchev–Trinajstić information content (AvgIpc) is 2.03. The highest BCUT2D eigenvalue weighted by atomic mass is 32.2. The second-order valence-electron chi connectivity index (χ2n) is 4.04. The summed E-state index contributed by atoms with van der Waals surface area (Å²) in [5.41, 5.74) is 0. The fraction of sp³-hybridized carbons (Fsp3) is 0.556. The van der Waals surface area contributed by atoms with Crippen molar-refractivity contribution in [3.05, 3.63) is 24.3 Å². The van der Waals surface area contributed by atoms with Crippen molar-refractivity contribution in [1.29, 1.82) is 0 Å². The Bertz CT molecular complexity index is 393. The minimum Gasteiger partial charge on any atom is -0.240 e. The number of sulfone groups is 1. The van der Waals surface area contributed by atoms with Gasteiger partial charge in [0.05, 0.1) is 4.75 Å². The van der Waals surface area contributed by atoms with Crippen molar-refractivity contribution in [1.82, 2.24) is 9.97 Å². The van der Waals surface area contributed by atoms with E-state index in [9.17, 15) is 8.42 Å². The largest absolute Gasteiger partial charge is 0.240 e. The van der Waals surface area contributed by atoms with Gasteiger partial charge in [-0.15, -0.1) is 0 Å². The summed E-state index contributed by atoms with van der Waals surface area (Å²) in [4.78, 5) is 7.77. The topological polar surface area (TPSA) is 59.9 Å². The lowest BCUT2D eigenvalue weighted by atomic mass is 10.3. The highest BCUT2D eigenvalue weighted by Gasteiger charge is 2.29. The van der Waals surface area contributed by atoms with Gasteiger partial charge in [0.25, 0.3) is 0 Å². The van der Waals surface area contributed by atoms with Crippen molar-refractivity contribution >= 4 is 9.84 Å². The van der Waals surface area contributed by atoms with Crippen LogP contribution in [-0.2, 0) is 15.6 Å². The number of nitrogens with zero attached hydrogens (tertiary/aromatic N) is 2. The summed E-state index contributed by atoms with van der Waals surface area (Å²) in [6.07, 6.45) is 3.08. The van der Waals surface area contributed by atoms with Crippen LogP contribution >= 0.6 is 0 Å². The molecule has 4 nitrogen and oxygen atoms in total. The standard InChI is InChI=1S/C9H14N2O2S/c1-9(2,3)14(12,13)7-8-10-5-4-6-11-8/h4-6H,7H2,1-3H3. The minimum atomic E-state index is -3.18. The predicted octanol–water partition coefficient (Wildman–Crippen LogP) is 1.19. The Morgan fingerprint density at radius 2 is 1.71 bits per heavy atom. The van der Waals surface area contributed by atoms with Gasteiger partial charge < -0.3 is 0 Å². The molecule has 0 aliphatic rings. The summed E-state index contributed by atoms with van der Waals surface area (Å²) in [6, 6.07) is 1.66. The van der Waals surface area contributed by atoms with Crippen LogP contribution in [0.5, 0.6) is 0 Å². The molecule has 0 atom stereocenters. The smallest absolute Gasteiger partial charge is 0.162 e. The first-order valence-electron chi connectivity index (χ1n) is 4.31. The van der Waals surface area contributed by atoms with Gasteiger partial charge in [-0.2, -0.15) is 0 Å². The van der Waals surface area contributed by atoms with Crippen molar-refractivity contribution in [2.45, 2.75) is 31.3 Å². The molecule has 0 bridgehead atoms. The van der Waals surface area contributed by atoms with Crippen LogP contribution in [0.3, 0.4) is 0 Å². The summed E-state index contributed by atoms with van der Waals surface area (Å²) in [6.45, 7) is 5.02. The van der Waals surface area contributed by atoms with E-state index in [2.05, 4.69) is 9.97 Å². The monoisotopic (exact) mass is 214 g/mol. The third-order valence-corrected chi connectivity index (χ3v) is 4.38. The summed E-state index contributed by atoms with van der Waals surface area (Å²) < 4.78 is 22.7. The van der Waals surface area contributed by atoms with E-state index < -0.39 is 14.6 Å². The first-order chi connectivity index (χ1) is 6.33. The maximum absolute atomic E-state index is 11.7. The molecule has 0 spiro atoms. The van der Waals surface area contributed by atoms with Crippen LogP contribution in [0.1, 0.15) is 26.6 Å². The number of aromatic nitrogens is 2. The molecule has 0 aliphatic carbocycles. The van der Waals surface area contributed by atoms with Crippen LogP contribution in [-0.4, -0.2) is 23.1 Å². The maximum Gasteiger partial charge on any atom is 0.162 e. The molecule has 0 fully saturated rings. The molecule has 0 amide bonds. The van der Waals surface area contributed by atoms with Crippen LogP contribution in [0.4, 0.5) is 0 Å². The molecule has 1 rings (SSSR count). The molecule has 14 heavy (non-hydrogen) atoms. The van der Waals surface area contributed by atoms with Gasteiger partial charge in [0.15, 0.2) is 9.84 Å². The third-order valence-electron chi connectivity index (χ3n) is 1.87. The molecule has 1 aromatic rings. The van der Waals surface area contributed by atoms with Crippen LogP contribution in [0, 0.1) is 0 Å². The van der Waals surface area contributed by atoms with Gasteiger partial charge in [0.2, 0.25) is 0 Å². The highest BCUT2D eigenvalue weighted by molar-refractivity contribution is 7.91. The van der Waals surface area contributed by atoms with Gasteiger partial charge >= 0.3 is 0 Å². The predicted molar refractivity (Wildman–Crippen MR) is 54.4 cm³/mol. The van der Waals surface area contributed by atoms with Crippen molar-refractivity contribution in [3.8, 4) is 0 Å². The van der Waals surface area contributed by atoms with Crippen LogP contribution in [0.2, 0.25) is 0 Å². The second-order valence-corrected chi connectivity index (χ2v) is 6.78. The molecule has 0 saturated heterocycles. The lowest BCUT2D eigenvalue weighted by Crippen LogP contribution is -2.29. The van der Waals surface area contributed by atoms with Gasteiger partial charge in [-0.3, -0.25) is 0 Å². The molecule has 0 unspecified atom stereocenters. The van der Waals surface area contributed by atoms with Gasteiger partial charge in [-0.25, -0.2) is 18.4 Å². The number of hydrogen-bond donors (Lipinski definition) is 0. The lowest BCUT2D eigenvalue weighted by Gasteiger charge is -2.18. The summed E-state index contributed by atoms with van der Waals surface area (Å²) >= 11 is 0. The lowest BCUT2D eigenvalue weighted by molar-refractivity contribution is 0.557. The van der Waals surface area contributed by atoms with E-state index in [1.807, 2.05) is 0 Å². The zero-order valence-electron chi connectivity index (χ0n) is 8.56. The van der Waals surface area contributed by atoms with Gasteiger partial charge in [-0.05, 0) is 26.8 Å². The van der Waals surface area contributed by atoms with E-state index in [0.29, 0.717) is 5.82 Å². The molecule has 78 valence electrons. The Labute approximate surface area is 84.3 Å². The third kappa shape index (κ3) is 2.51. The zero-order chi connectivity index (χ0) is 10.8. The summed E-state index contributed by atoms with van der Waals surface area (Å²) in [5.74, 6) is 0.250. The van der Waals surface area contributed by atoms with Crippen molar-refractivity contribution in [2.75, 3.05) is 0 Å². The summed E-state index contributed by atoms with van der Waals surface area (Å²) in [7, 11) is -3.18. The van der Waals surface area contributed by atoms with E-state index in [0.717, 1.165) is 0 Å². The van der Waals surface area contributed by atoms with E-state index >= 15 is 0 Å². The molecule has 0 saturated carbocycles. The van der Waals surface area contributed by atoms with Crippen molar-refractivity contribution in [2.24, 2.45) is 0 Å². The Morgan fingerprint density at radius 1 is 1.21 bits per heavy atom. The Balaban J connectivity index is 2.91. The second kappa shape index (κ2) is 3.65. The van der Waals surface area contributed by atoms with Crippen LogP contribution in [0.25, 0.3) is 0 Å². The minimum absolute atomic E-state index is 0.0999. The normalized spacial score (nSPS) is 12.8. The van der Waals surface area contributed by atoms with E-state index in [1.54, 1.807) is 39.2 Å². The first kappa shape index (κ1) is 11.1. The number of hydrogen-bond acceptors (Lipinski definition) is 4. The number of rotatable bonds is 2. The molecule has 0 aliphatic heterocycles. The van der Waals surface area contributed by atoms with Gasteiger partial charge in [0.1, 0.15) is 11.6 Å². The van der Waals surface area contributed by atoms with E-state index in [-0.39, 0.29) is 5.75 Å². The van der Waals surface area contributed by atoms with E-state index in [1.165, 1.54) is 0 Å². The Hall–Kier alpha value is -0.970.